The van der Waals surface area contributed by atoms with E-state index in [0.717, 1.165) is 67.5 Å². The largest absolute Gasteiger partial charge is 0.383 e. The molecule has 0 aliphatic carbocycles. The fraction of sp³-hybridized carbons (Fsp3) is 0.381. The maximum Gasteiger partial charge on any atom is 0.144 e. The van der Waals surface area contributed by atoms with Crippen molar-refractivity contribution in [2.24, 2.45) is 0 Å². The molecule has 1 aliphatic rings. The van der Waals surface area contributed by atoms with Gasteiger partial charge in [-0.1, -0.05) is 6.92 Å². The summed E-state index contributed by atoms with van der Waals surface area (Å²) in [6.07, 6.45) is 7.54. The van der Waals surface area contributed by atoms with Crippen LogP contribution < -0.4 is 10.6 Å². The second-order valence-corrected chi connectivity index (χ2v) is 7.72. The van der Waals surface area contributed by atoms with Crippen LogP contribution in [0.3, 0.4) is 0 Å². The number of thiazole rings is 1. The summed E-state index contributed by atoms with van der Waals surface area (Å²) < 4.78 is 5.63. The highest BCUT2D eigenvalue weighted by Gasteiger charge is 2.26. The number of aryl methyl sites for hydroxylation is 1. The minimum absolute atomic E-state index is 0.552. The molecule has 3 aromatic heterocycles. The van der Waals surface area contributed by atoms with E-state index in [2.05, 4.69) is 33.9 Å². The van der Waals surface area contributed by atoms with Gasteiger partial charge < -0.3 is 15.4 Å². The summed E-state index contributed by atoms with van der Waals surface area (Å²) >= 11 is 1.56. The summed E-state index contributed by atoms with van der Waals surface area (Å²) in [5.41, 5.74) is 11.5. The molecule has 0 radical (unpaired) electrons. The van der Waals surface area contributed by atoms with Gasteiger partial charge >= 0.3 is 0 Å². The zero-order valence-corrected chi connectivity index (χ0v) is 16.9. The highest BCUT2D eigenvalue weighted by molar-refractivity contribution is 7.13. The molecule has 7 heteroatoms. The molecule has 3 aromatic rings. The number of hydrogen-bond acceptors (Lipinski definition) is 7. The summed E-state index contributed by atoms with van der Waals surface area (Å²) in [7, 11) is 0. The topological polar surface area (TPSA) is 77.2 Å². The van der Waals surface area contributed by atoms with Crippen molar-refractivity contribution >= 4 is 28.5 Å². The SMILES string of the molecule is CCCOCCCc1cc2c(c(-c3nc(N)cs3)n1)CCN2c1cccnc1. The molecule has 4 heterocycles. The lowest BCUT2D eigenvalue weighted by Gasteiger charge is -2.20. The Bertz CT molecular complexity index is 928. The molecular formula is C21H25N5OS. The second-order valence-electron chi connectivity index (χ2n) is 6.87. The number of aromatic nitrogens is 3. The van der Waals surface area contributed by atoms with E-state index >= 15 is 0 Å². The Kier molecular flexibility index (Phi) is 5.83. The number of fused-ring (bicyclic) bond motifs is 1. The zero-order valence-electron chi connectivity index (χ0n) is 16.1. The van der Waals surface area contributed by atoms with Gasteiger partial charge in [-0.3, -0.25) is 4.98 Å². The number of ether oxygens (including phenoxy) is 1. The predicted octanol–water partition coefficient (Wildman–Crippen LogP) is 4.24. The molecular weight excluding hydrogens is 370 g/mol. The number of hydrogen-bond donors (Lipinski definition) is 1. The molecule has 0 atom stereocenters. The Labute approximate surface area is 169 Å². The van der Waals surface area contributed by atoms with Crippen LogP contribution in [0.4, 0.5) is 17.2 Å². The maximum absolute atomic E-state index is 5.88. The van der Waals surface area contributed by atoms with E-state index in [-0.39, 0.29) is 0 Å². The Balaban J connectivity index is 1.67. The van der Waals surface area contributed by atoms with Crippen LogP contribution in [0.2, 0.25) is 0 Å². The predicted molar refractivity (Wildman–Crippen MR) is 114 cm³/mol. The van der Waals surface area contributed by atoms with Gasteiger partial charge in [0.15, 0.2) is 0 Å². The molecule has 0 saturated carbocycles. The Morgan fingerprint density at radius 1 is 1.29 bits per heavy atom. The lowest BCUT2D eigenvalue weighted by Crippen LogP contribution is -2.13. The van der Waals surface area contributed by atoms with Crippen molar-refractivity contribution in [1.29, 1.82) is 0 Å². The van der Waals surface area contributed by atoms with E-state index < -0.39 is 0 Å². The lowest BCUT2D eigenvalue weighted by atomic mass is 10.1. The fourth-order valence-electron chi connectivity index (χ4n) is 3.52. The highest BCUT2D eigenvalue weighted by atomic mass is 32.1. The fourth-order valence-corrected chi connectivity index (χ4v) is 4.25. The average Bonchev–Trinajstić information content (AvgIpc) is 3.34. The van der Waals surface area contributed by atoms with E-state index in [1.54, 1.807) is 17.5 Å². The lowest BCUT2D eigenvalue weighted by molar-refractivity contribution is 0.132. The average molecular weight is 396 g/mol. The van der Waals surface area contributed by atoms with Crippen LogP contribution in [0.1, 0.15) is 31.0 Å². The molecule has 0 spiro atoms. The standard InChI is InChI=1S/C21H25N5OS/c1-2-10-27-11-4-5-15-12-18-17(20(24-15)21-25-19(22)14-28-21)7-9-26(18)16-6-3-8-23-13-16/h3,6,8,12-14H,2,4-5,7,9-11,22H2,1H3. The first-order valence-electron chi connectivity index (χ1n) is 9.75. The van der Waals surface area contributed by atoms with Crippen LogP contribution in [-0.4, -0.2) is 34.7 Å². The zero-order chi connectivity index (χ0) is 19.3. The highest BCUT2D eigenvalue weighted by Crippen LogP contribution is 2.40. The van der Waals surface area contributed by atoms with Gasteiger partial charge in [0, 0.05) is 48.3 Å². The molecule has 0 bridgehead atoms. The normalized spacial score (nSPS) is 13.1. The van der Waals surface area contributed by atoms with Gasteiger partial charge in [0.25, 0.3) is 0 Å². The number of anilines is 3. The molecule has 0 saturated heterocycles. The van der Waals surface area contributed by atoms with Crippen LogP contribution >= 0.6 is 11.3 Å². The van der Waals surface area contributed by atoms with E-state index in [9.17, 15) is 0 Å². The summed E-state index contributed by atoms with van der Waals surface area (Å²) in [5.74, 6) is 0.552. The van der Waals surface area contributed by atoms with Crippen molar-refractivity contribution < 1.29 is 4.74 Å². The number of nitrogen functional groups attached to an aromatic ring is 1. The van der Waals surface area contributed by atoms with Gasteiger partial charge in [-0.25, -0.2) is 9.97 Å². The summed E-state index contributed by atoms with van der Waals surface area (Å²) in [6, 6.07) is 6.29. The third-order valence-corrected chi connectivity index (χ3v) is 5.65. The number of pyridine rings is 2. The first-order chi connectivity index (χ1) is 13.8. The number of nitrogens with zero attached hydrogens (tertiary/aromatic N) is 4. The van der Waals surface area contributed by atoms with Crippen molar-refractivity contribution in [3.05, 3.63) is 47.2 Å². The molecule has 0 amide bonds. The minimum Gasteiger partial charge on any atom is -0.383 e. The summed E-state index contributed by atoms with van der Waals surface area (Å²) in [4.78, 5) is 16.1. The first-order valence-corrected chi connectivity index (χ1v) is 10.6. The third-order valence-electron chi connectivity index (χ3n) is 4.78. The van der Waals surface area contributed by atoms with Crippen LogP contribution in [0.25, 0.3) is 10.7 Å². The minimum atomic E-state index is 0.552. The first kappa shape index (κ1) is 18.8. The molecule has 1 aliphatic heterocycles. The Morgan fingerprint density at radius 2 is 2.21 bits per heavy atom. The van der Waals surface area contributed by atoms with Gasteiger partial charge in [-0.2, -0.15) is 0 Å². The Hall–Kier alpha value is -2.51. The van der Waals surface area contributed by atoms with Crippen LogP contribution in [0, 0.1) is 0 Å². The van der Waals surface area contributed by atoms with Crippen molar-refractivity contribution in [3.8, 4) is 10.7 Å². The quantitative estimate of drug-likeness (QED) is 0.575. The van der Waals surface area contributed by atoms with E-state index in [1.807, 2.05) is 17.6 Å². The van der Waals surface area contributed by atoms with Crippen molar-refractivity contribution in [2.75, 3.05) is 30.4 Å². The van der Waals surface area contributed by atoms with Gasteiger partial charge in [0.2, 0.25) is 0 Å². The molecule has 0 aromatic carbocycles. The van der Waals surface area contributed by atoms with Crippen molar-refractivity contribution in [2.45, 2.75) is 32.6 Å². The molecule has 28 heavy (non-hydrogen) atoms. The summed E-state index contributed by atoms with van der Waals surface area (Å²) in [6.45, 7) is 4.62. The maximum atomic E-state index is 5.88. The van der Waals surface area contributed by atoms with E-state index in [0.29, 0.717) is 5.82 Å². The van der Waals surface area contributed by atoms with Crippen LogP contribution in [0.15, 0.2) is 36.0 Å². The van der Waals surface area contributed by atoms with Crippen LogP contribution in [0.5, 0.6) is 0 Å². The van der Waals surface area contributed by atoms with Gasteiger partial charge in [0.05, 0.1) is 11.9 Å². The van der Waals surface area contributed by atoms with E-state index in [4.69, 9.17) is 15.5 Å². The Morgan fingerprint density at radius 3 is 2.96 bits per heavy atom. The molecule has 6 nitrogen and oxygen atoms in total. The number of rotatable bonds is 8. The number of nitrogens with two attached hydrogens (primary N) is 1. The van der Waals surface area contributed by atoms with Gasteiger partial charge in [-0.05, 0) is 43.9 Å². The van der Waals surface area contributed by atoms with Gasteiger partial charge in [0.1, 0.15) is 16.5 Å². The molecule has 0 unspecified atom stereocenters. The van der Waals surface area contributed by atoms with Crippen molar-refractivity contribution in [3.63, 3.8) is 0 Å². The smallest absolute Gasteiger partial charge is 0.144 e. The molecule has 0 fully saturated rings. The van der Waals surface area contributed by atoms with Gasteiger partial charge in [-0.15, -0.1) is 11.3 Å². The van der Waals surface area contributed by atoms with Crippen molar-refractivity contribution in [1.82, 2.24) is 15.0 Å². The van der Waals surface area contributed by atoms with Crippen LogP contribution in [-0.2, 0) is 17.6 Å². The second kappa shape index (κ2) is 8.67. The van der Waals surface area contributed by atoms with E-state index in [1.165, 1.54) is 11.3 Å². The molecule has 4 rings (SSSR count). The third kappa shape index (κ3) is 4.00. The monoisotopic (exact) mass is 395 g/mol. The molecule has 2 N–H and O–H groups in total. The summed E-state index contributed by atoms with van der Waals surface area (Å²) in [5, 5.41) is 2.77. The molecule has 146 valence electrons.